The fourth-order valence-electron chi connectivity index (χ4n) is 1.21. The molecule has 1 aromatic heterocycles. The van der Waals surface area contributed by atoms with Crippen LogP contribution in [0.15, 0.2) is 12.1 Å². The first-order chi connectivity index (χ1) is 5.66. The number of hydrogen-bond donors (Lipinski definition) is 1. The Labute approximate surface area is 75.0 Å². The first kappa shape index (κ1) is 7.55. The highest BCUT2D eigenvalue weighted by Gasteiger charge is 2.02. The molecule has 0 fully saturated rings. The van der Waals surface area contributed by atoms with Crippen LogP contribution in [-0.2, 0) is 0 Å². The maximum Gasteiger partial charge on any atom is 0.0907 e. The third-order valence-electron chi connectivity index (χ3n) is 1.88. The molecule has 2 N–H and O–H groups in total. The van der Waals surface area contributed by atoms with Gasteiger partial charge >= 0.3 is 0 Å². The van der Waals surface area contributed by atoms with E-state index in [-0.39, 0.29) is 0 Å². The molecule has 0 atom stereocenters. The zero-order chi connectivity index (χ0) is 8.72. The summed E-state index contributed by atoms with van der Waals surface area (Å²) in [5.74, 6) is 0. The lowest BCUT2D eigenvalue weighted by atomic mass is 10.2. The molecule has 0 aliphatic heterocycles. The summed E-state index contributed by atoms with van der Waals surface area (Å²) >= 11 is 1.68. The van der Waals surface area contributed by atoms with Gasteiger partial charge in [0.25, 0.3) is 0 Å². The topological polar surface area (TPSA) is 38.9 Å². The number of nitrogen functional groups attached to an aromatic ring is 1. The average molecular weight is 178 g/mol. The van der Waals surface area contributed by atoms with Crippen molar-refractivity contribution in [2.24, 2.45) is 0 Å². The smallest absolute Gasteiger partial charge is 0.0907 e. The maximum atomic E-state index is 5.77. The molecular formula is C9H10N2S. The minimum Gasteiger partial charge on any atom is -0.398 e. The molecule has 0 amide bonds. The monoisotopic (exact) mass is 178 g/mol. The molecule has 0 aliphatic rings. The predicted molar refractivity (Wildman–Crippen MR) is 53.5 cm³/mol. The first-order valence-corrected chi connectivity index (χ1v) is 4.62. The van der Waals surface area contributed by atoms with E-state index in [0.717, 1.165) is 21.8 Å². The Kier molecular flexibility index (Phi) is 1.54. The van der Waals surface area contributed by atoms with Gasteiger partial charge in [0, 0.05) is 5.69 Å². The number of hydrogen-bond acceptors (Lipinski definition) is 3. The highest BCUT2D eigenvalue weighted by atomic mass is 32.1. The predicted octanol–water partition coefficient (Wildman–Crippen LogP) is 2.50. The van der Waals surface area contributed by atoms with Gasteiger partial charge in [0.15, 0.2) is 0 Å². The molecule has 62 valence electrons. The van der Waals surface area contributed by atoms with Crippen LogP contribution in [0.4, 0.5) is 5.69 Å². The Morgan fingerprint density at radius 2 is 2.08 bits per heavy atom. The highest BCUT2D eigenvalue weighted by Crippen LogP contribution is 2.25. The number of benzene rings is 1. The Morgan fingerprint density at radius 3 is 2.83 bits per heavy atom. The minimum absolute atomic E-state index is 0.853. The summed E-state index contributed by atoms with van der Waals surface area (Å²) in [4.78, 5) is 4.38. The van der Waals surface area contributed by atoms with Crippen molar-refractivity contribution >= 4 is 27.2 Å². The van der Waals surface area contributed by atoms with Gasteiger partial charge in [0.05, 0.1) is 15.2 Å². The number of thiazole rings is 1. The molecule has 0 saturated heterocycles. The molecule has 12 heavy (non-hydrogen) atoms. The molecule has 2 nitrogen and oxygen atoms in total. The van der Waals surface area contributed by atoms with Crippen molar-refractivity contribution in [2.75, 3.05) is 5.73 Å². The summed E-state index contributed by atoms with van der Waals surface area (Å²) in [6.07, 6.45) is 0. The van der Waals surface area contributed by atoms with Crippen LogP contribution in [0.1, 0.15) is 10.6 Å². The number of nitrogens with zero attached hydrogens (tertiary/aromatic N) is 1. The fourth-order valence-corrected chi connectivity index (χ4v) is 2.07. The highest BCUT2D eigenvalue weighted by molar-refractivity contribution is 7.18. The summed E-state index contributed by atoms with van der Waals surface area (Å²) in [6.45, 7) is 4.01. The Balaban J connectivity index is 2.83. The zero-order valence-corrected chi connectivity index (χ0v) is 7.90. The van der Waals surface area contributed by atoms with E-state index in [1.165, 1.54) is 4.70 Å². The largest absolute Gasteiger partial charge is 0.398 e. The van der Waals surface area contributed by atoms with Crippen LogP contribution in [0.5, 0.6) is 0 Å². The molecule has 0 unspecified atom stereocenters. The molecule has 0 saturated carbocycles. The fraction of sp³-hybridized carbons (Fsp3) is 0.222. The van der Waals surface area contributed by atoms with E-state index >= 15 is 0 Å². The third-order valence-corrected chi connectivity index (χ3v) is 2.82. The number of nitrogens with two attached hydrogens (primary N) is 1. The minimum atomic E-state index is 0.853. The van der Waals surface area contributed by atoms with Gasteiger partial charge < -0.3 is 5.73 Å². The Hall–Kier alpha value is -1.09. The van der Waals surface area contributed by atoms with Crippen LogP contribution in [0.2, 0.25) is 0 Å². The standard InChI is InChI=1S/C9H10N2S/c1-5-3-8-9(4-7(5)10)12-6(2)11-8/h3-4H,10H2,1-2H3. The van der Waals surface area contributed by atoms with Crippen LogP contribution in [0.3, 0.4) is 0 Å². The number of aryl methyl sites for hydroxylation is 2. The molecule has 0 radical (unpaired) electrons. The van der Waals surface area contributed by atoms with Crippen molar-refractivity contribution < 1.29 is 0 Å². The van der Waals surface area contributed by atoms with E-state index in [1.54, 1.807) is 11.3 Å². The number of rotatable bonds is 0. The Bertz CT molecular complexity index is 392. The van der Waals surface area contributed by atoms with Crippen molar-refractivity contribution in [3.8, 4) is 0 Å². The van der Waals surface area contributed by atoms with Crippen molar-refractivity contribution in [1.82, 2.24) is 4.98 Å². The molecule has 0 bridgehead atoms. The number of anilines is 1. The van der Waals surface area contributed by atoms with E-state index in [9.17, 15) is 0 Å². The summed E-state index contributed by atoms with van der Waals surface area (Å²) in [5, 5.41) is 1.09. The molecular weight excluding hydrogens is 168 g/mol. The van der Waals surface area contributed by atoms with Gasteiger partial charge in [-0.15, -0.1) is 11.3 Å². The van der Waals surface area contributed by atoms with E-state index in [4.69, 9.17) is 5.73 Å². The lowest BCUT2D eigenvalue weighted by molar-refractivity contribution is 1.34. The van der Waals surface area contributed by atoms with Gasteiger partial charge in [-0.3, -0.25) is 0 Å². The third kappa shape index (κ3) is 1.06. The zero-order valence-electron chi connectivity index (χ0n) is 7.09. The van der Waals surface area contributed by atoms with Crippen LogP contribution >= 0.6 is 11.3 Å². The van der Waals surface area contributed by atoms with E-state index in [1.807, 2.05) is 26.0 Å². The SMILES string of the molecule is Cc1nc2cc(C)c(N)cc2s1. The van der Waals surface area contributed by atoms with Gasteiger partial charge in [0.1, 0.15) is 0 Å². The van der Waals surface area contributed by atoms with Gasteiger partial charge in [-0.1, -0.05) is 0 Å². The average Bonchev–Trinajstić information content (AvgIpc) is 2.30. The number of fused-ring (bicyclic) bond motifs is 1. The van der Waals surface area contributed by atoms with Crippen molar-refractivity contribution in [3.63, 3.8) is 0 Å². The van der Waals surface area contributed by atoms with Crippen molar-refractivity contribution in [2.45, 2.75) is 13.8 Å². The molecule has 2 rings (SSSR count). The second-order valence-electron chi connectivity index (χ2n) is 2.91. The molecule has 3 heteroatoms. The molecule has 0 spiro atoms. The lowest BCUT2D eigenvalue weighted by Crippen LogP contribution is -1.87. The van der Waals surface area contributed by atoms with E-state index in [0.29, 0.717) is 0 Å². The van der Waals surface area contributed by atoms with Crippen LogP contribution in [-0.4, -0.2) is 4.98 Å². The van der Waals surface area contributed by atoms with Gasteiger partial charge in [-0.05, 0) is 31.5 Å². The summed E-state index contributed by atoms with van der Waals surface area (Å²) in [6, 6.07) is 4.03. The second kappa shape index (κ2) is 2.45. The first-order valence-electron chi connectivity index (χ1n) is 3.80. The molecule has 1 aromatic carbocycles. The second-order valence-corrected chi connectivity index (χ2v) is 4.14. The van der Waals surface area contributed by atoms with Crippen molar-refractivity contribution in [1.29, 1.82) is 0 Å². The van der Waals surface area contributed by atoms with Crippen LogP contribution < -0.4 is 5.73 Å². The molecule has 1 heterocycles. The Morgan fingerprint density at radius 1 is 1.33 bits per heavy atom. The van der Waals surface area contributed by atoms with E-state index < -0.39 is 0 Å². The summed E-state index contributed by atoms with van der Waals surface area (Å²) < 4.78 is 1.18. The maximum absolute atomic E-state index is 5.77. The van der Waals surface area contributed by atoms with Crippen molar-refractivity contribution in [3.05, 3.63) is 22.7 Å². The lowest BCUT2D eigenvalue weighted by Gasteiger charge is -1.97. The van der Waals surface area contributed by atoms with Gasteiger partial charge in [0.2, 0.25) is 0 Å². The molecule has 2 aromatic rings. The van der Waals surface area contributed by atoms with Gasteiger partial charge in [-0.2, -0.15) is 0 Å². The normalized spacial score (nSPS) is 10.8. The van der Waals surface area contributed by atoms with Crippen LogP contribution in [0, 0.1) is 13.8 Å². The summed E-state index contributed by atoms with van der Waals surface area (Å²) in [7, 11) is 0. The van der Waals surface area contributed by atoms with E-state index in [2.05, 4.69) is 4.98 Å². The van der Waals surface area contributed by atoms with Gasteiger partial charge in [-0.25, -0.2) is 4.98 Å². The summed E-state index contributed by atoms with van der Waals surface area (Å²) in [5.41, 5.74) is 8.79. The quantitative estimate of drug-likeness (QED) is 0.629. The molecule has 0 aliphatic carbocycles. The van der Waals surface area contributed by atoms with Crippen LogP contribution in [0.25, 0.3) is 10.2 Å². The number of aromatic nitrogens is 1.